The Balaban J connectivity index is 0.00000208. The number of nitro groups is 1. The van der Waals surface area contributed by atoms with E-state index in [-0.39, 0.29) is 41.3 Å². The minimum absolute atomic E-state index is 0. The van der Waals surface area contributed by atoms with E-state index in [9.17, 15) is 14.9 Å². The lowest BCUT2D eigenvalue weighted by molar-refractivity contribution is -0.384. The fourth-order valence-corrected chi connectivity index (χ4v) is 2.67. The third-order valence-corrected chi connectivity index (χ3v) is 3.99. The van der Waals surface area contributed by atoms with E-state index in [2.05, 4.69) is 15.4 Å². The van der Waals surface area contributed by atoms with Gasteiger partial charge in [0, 0.05) is 31.3 Å². The summed E-state index contributed by atoms with van der Waals surface area (Å²) in [7, 11) is 1.72. The van der Waals surface area contributed by atoms with Crippen LogP contribution >= 0.6 is 12.4 Å². The van der Waals surface area contributed by atoms with Gasteiger partial charge in [-0.2, -0.15) is 5.10 Å². The first-order chi connectivity index (χ1) is 11.1. The van der Waals surface area contributed by atoms with E-state index >= 15 is 0 Å². The number of halogens is 1. The summed E-state index contributed by atoms with van der Waals surface area (Å²) in [5, 5.41) is 18.4. The number of aromatic nitrogens is 3. The minimum atomic E-state index is -0.523. The number of hydrogen-bond donors (Lipinski definition) is 1. The number of benzene rings is 1. The number of hydrogen-bond acceptors (Lipinski definition) is 6. The molecule has 0 spiro atoms. The summed E-state index contributed by atoms with van der Waals surface area (Å²) in [6.07, 6.45) is 3.55. The number of nitrogens with one attached hydrogen (secondary N) is 1. The summed E-state index contributed by atoms with van der Waals surface area (Å²) < 4.78 is 1.30. The molecule has 1 saturated heterocycles. The highest BCUT2D eigenvalue weighted by atomic mass is 35.5. The number of nitro benzene ring substituents is 1. The van der Waals surface area contributed by atoms with Crippen LogP contribution in [0.5, 0.6) is 0 Å². The number of rotatable bonds is 4. The molecule has 1 amide bonds. The molecule has 0 saturated carbocycles. The highest BCUT2D eigenvalue weighted by Gasteiger charge is 2.26. The van der Waals surface area contributed by atoms with Crippen LogP contribution in [-0.4, -0.2) is 56.7 Å². The Morgan fingerprint density at radius 2 is 2.29 bits per heavy atom. The zero-order valence-electron chi connectivity index (χ0n) is 13.0. The molecule has 2 aromatic rings. The molecule has 24 heavy (non-hydrogen) atoms. The summed E-state index contributed by atoms with van der Waals surface area (Å²) in [5.41, 5.74) is 0.378. The van der Waals surface area contributed by atoms with E-state index in [1.54, 1.807) is 18.0 Å². The summed E-state index contributed by atoms with van der Waals surface area (Å²) in [6, 6.07) is 4.49. The molecule has 3 rings (SSSR count). The van der Waals surface area contributed by atoms with Crippen molar-refractivity contribution in [1.29, 1.82) is 0 Å². The fraction of sp³-hybridized carbons (Fsp3) is 0.357. The van der Waals surface area contributed by atoms with Crippen molar-refractivity contribution >= 4 is 24.0 Å². The van der Waals surface area contributed by atoms with Crippen molar-refractivity contribution in [3.05, 3.63) is 46.5 Å². The molecule has 10 heteroatoms. The Hall–Kier alpha value is -2.52. The van der Waals surface area contributed by atoms with Gasteiger partial charge in [-0.05, 0) is 25.1 Å². The van der Waals surface area contributed by atoms with Gasteiger partial charge in [0.2, 0.25) is 0 Å². The quantitative estimate of drug-likeness (QED) is 0.650. The number of amides is 1. The normalized spacial score (nSPS) is 16.5. The number of likely N-dealkylation sites (N-methyl/N-ethyl adjacent to an activating group) is 1. The standard InChI is InChI=1S/C14H16N6O3.ClH/c1-18(11-4-5-15-7-11)14(21)10-2-3-12(13(6-10)20(22)23)19-9-16-8-17-19;/h2-3,6,8-9,11,15H,4-5,7H2,1H3;1H. The predicted octanol–water partition coefficient (Wildman–Crippen LogP) is 1.03. The van der Waals surface area contributed by atoms with E-state index < -0.39 is 4.92 Å². The molecule has 1 atom stereocenters. The van der Waals surface area contributed by atoms with Gasteiger partial charge in [0.1, 0.15) is 18.3 Å². The summed E-state index contributed by atoms with van der Waals surface area (Å²) in [6.45, 7) is 1.61. The van der Waals surface area contributed by atoms with Crippen molar-refractivity contribution < 1.29 is 9.72 Å². The fourth-order valence-electron chi connectivity index (χ4n) is 2.67. The van der Waals surface area contributed by atoms with Gasteiger partial charge in [-0.25, -0.2) is 9.67 Å². The van der Waals surface area contributed by atoms with Crippen LogP contribution in [0.2, 0.25) is 0 Å². The SMILES string of the molecule is CN(C(=O)c1ccc(-n2cncn2)c([N+](=O)[O-])c1)C1CCNC1.Cl. The molecular formula is C14H17ClN6O3. The number of nitrogens with zero attached hydrogens (tertiary/aromatic N) is 5. The highest BCUT2D eigenvalue weighted by Crippen LogP contribution is 2.24. The Labute approximate surface area is 144 Å². The van der Waals surface area contributed by atoms with Crippen LogP contribution in [0.15, 0.2) is 30.9 Å². The molecule has 9 nitrogen and oxygen atoms in total. The van der Waals surface area contributed by atoms with Crippen molar-refractivity contribution in [2.75, 3.05) is 20.1 Å². The van der Waals surface area contributed by atoms with Crippen LogP contribution in [0.1, 0.15) is 16.8 Å². The Bertz CT molecular complexity index is 730. The molecule has 1 N–H and O–H groups in total. The van der Waals surface area contributed by atoms with Gasteiger partial charge in [-0.3, -0.25) is 14.9 Å². The van der Waals surface area contributed by atoms with Crippen molar-refractivity contribution in [2.24, 2.45) is 0 Å². The maximum absolute atomic E-state index is 12.5. The van der Waals surface area contributed by atoms with E-state index in [1.807, 2.05) is 0 Å². The molecule has 1 aromatic heterocycles. The maximum Gasteiger partial charge on any atom is 0.295 e. The topological polar surface area (TPSA) is 106 Å². The predicted molar refractivity (Wildman–Crippen MR) is 88.6 cm³/mol. The second kappa shape index (κ2) is 7.37. The Morgan fingerprint density at radius 3 is 2.88 bits per heavy atom. The van der Waals surface area contributed by atoms with Gasteiger partial charge in [-0.1, -0.05) is 0 Å². The summed E-state index contributed by atoms with van der Waals surface area (Å²) >= 11 is 0. The first kappa shape index (κ1) is 17.8. The van der Waals surface area contributed by atoms with Gasteiger partial charge in [-0.15, -0.1) is 12.4 Å². The Kier molecular flexibility index (Phi) is 5.47. The van der Waals surface area contributed by atoms with Gasteiger partial charge in [0.25, 0.3) is 11.6 Å². The number of carbonyl (C=O) groups is 1. The average Bonchev–Trinajstić information content (AvgIpc) is 3.25. The van der Waals surface area contributed by atoms with Crippen LogP contribution in [0.4, 0.5) is 5.69 Å². The molecule has 1 aliphatic rings. The lowest BCUT2D eigenvalue weighted by Gasteiger charge is -2.23. The van der Waals surface area contributed by atoms with Crippen molar-refractivity contribution in [2.45, 2.75) is 12.5 Å². The maximum atomic E-state index is 12.5. The first-order valence-electron chi connectivity index (χ1n) is 7.19. The molecular weight excluding hydrogens is 336 g/mol. The second-order valence-corrected chi connectivity index (χ2v) is 5.36. The van der Waals surface area contributed by atoms with E-state index in [0.29, 0.717) is 0 Å². The molecule has 1 unspecified atom stereocenters. The van der Waals surface area contributed by atoms with Crippen molar-refractivity contribution in [3.8, 4) is 5.69 Å². The average molecular weight is 353 g/mol. The van der Waals surface area contributed by atoms with Crippen molar-refractivity contribution in [3.63, 3.8) is 0 Å². The van der Waals surface area contributed by atoms with E-state index in [0.717, 1.165) is 19.5 Å². The largest absolute Gasteiger partial charge is 0.337 e. The van der Waals surface area contributed by atoms with Crippen LogP contribution in [-0.2, 0) is 0 Å². The zero-order valence-corrected chi connectivity index (χ0v) is 13.8. The molecule has 1 fully saturated rings. The lowest BCUT2D eigenvalue weighted by atomic mass is 10.1. The molecule has 2 heterocycles. The zero-order chi connectivity index (χ0) is 16.4. The molecule has 1 aromatic carbocycles. The summed E-state index contributed by atoms with van der Waals surface area (Å²) in [5.74, 6) is -0.230. The van der Waals surface area contributed by atoms with Crippen LogP contribution in [0.25, 0.3) is 5.69 Å². The number of carbonyl (C=O) groups excluding carboxylic acids is 1. The van der Waals surface area contributed by atoms with E-state index in [1.165, 1.54) is 29.5 Å². The van der Waals surface area contributed by atoms with Gasteiger partial charge < -0.3 is 10.2 Å². The first-order valence-corrected chi connectivity index (χ1v) is 7.19. The molecule has 128 valence electrons. The third kappa shape index (κ3) is 3.36. The summed E-state index contributed by atoms with van der Waals surface area (Å²) in [4.78, 5) is 28.8. The second-order valence-electron chi connectivity index (χ2n) is 5.36. The monoisotopic (exact) mass is 352 g/mol. The van der Waals surface area contributed by atoms with Gasteiger partial charge in [0.05, 0.1) is 4.92 Å². The minimum Gasteiger partial charge on any atom is -0.337 e. The molecule has 1 aliphatic heterocycles. The Morgan fingerprint density at radius 1 is 1.50 bits per heavy atom. The lowest BCUT2D eigenvalue weighted by Crippen LogP contribution is -2.38. The highest BCUT2D eigenvalue weighted by molar-refractivity contribution is 5.95. The smallest absolute Gasteiger partial charge is 0.295 e. The molecule has 0 aliphatic carbocycles. The third-order valence-electron chi connectivity index (χ3n) is 3.99. The van der Waals surface area contributed by atoms with Crippen molar-refractivity contribution in [1.82, 2.24) is 25.0 Å². The van der Waals surface area contributed by atoms with Crippen LogP contribution in [0.3, 0.4) is 0 Å². The van der Waals surface area contributed by atoms with Crippen LogP contribution < -0.4 is 5.32 Å². The van der Waals surface area contributed by atoms with E-state index in [4.69, 9.17) is 0 Å². The van der Waals surface area contributed by atoms with Gasteiger partial charge in [0.15, 0.2) is 0 Å². The molecule has 0 radical (unpaired) electrons. The van der Waals surface area contributed by atoms with Crippen LogP contribution in [0, 0.1) is 10.1 Å². The molecule has 0 bridgehead atoms. The van der Waals surface area contributed by atoms with Gasteiger partial charge >= 0.3 is 0 Å².